The summed E-state index contributed by atoms with van der Waals surface area (Å²) in [5, 5.41) is 9.66. The number of quaternary nitrogens is 1. The van der Waals surface area contributed by atoms with Gasteiger partial charge in [0.2, 0.25) is 0 Å². The first-order valence-electron chi connectivity index (χ1n) is 26.7. The molecule has 0 aromatic heterocycles. The lowest BCUT2D eigenvalue weighted by atomic mass is 10.0. The number of carbonyl (C=O) groups is 3. The van der Waals surface area contributed by atoms with Gasteiger partial charge in [-0.3, -0.25) is 9.59 Å². The minimum Gasteiger partial charge on any atom is -0.477 e. The molecule has 0 aromatic rings. The zero-order chi connectivity index (χ0) is 47.0. The first kappa shape index (κ1) is 61.3. The van der Waals surface area contributed by atoms with E-state index in [0.717, 1.165) is 77.0 Å². The van der Waals surface area contributed by atoms with E-state index in [1.807, 2.05) is 21.1 Å². The van der Waals surface area contributed by atoms with Crippen LogP contribution in [0.1, 0.15) is 239 Å². The molecule has 8 nitrogen and oxygen atoms in total. The van der Waals surface area contributed by atoms with Crippen molar-refractivity contribution in [3.05, 3.63) is 48.6 Å². The second kappa shape index (κ2) is 46.8. The Morgan fingerprint density at radius 1 is 0.484 bits per heavy atom. The molecule has 2 atom stereocenters. The summed E-state index contributed by atoms with van der Waals surface area (Å²) in [5.41, 5.74) is 0. The summed E-state index contributed by atoms with van der Waals surface area (Å²) < 4.78 is 17.3. The smallest absolute Gasteiger partial charge is 0.362 e. The molecule has 0 aliphatic rings. The summed E-state index contributed by atoms with van der Waals surface area (Å²) >= 11 is 0. The fourth-order valence-corrected chi connectivity index (χ4v) is 7.91. The Hall–Kier alpha value is -2.71. The third-order valence-electron chi connectivity index (χ3n) is 12.0. The highest BCUT2D eigenvalue weighted by Crippen LogP contribution is 2.17. The minimum atomic E-state index is -0.878. The summed E-state index contributed by atoms with van der Waals surface area (Å²) in [7, 11) is 5.53. The molecule has 372 valence electrons. The van der Waals surface area contributed by atoms with Gasteiger partial charge >= 0.3 is 17.9 Å². The Labute approximate surface area is 395 Å². The van der Waals surface area contributed by atoms with Gasteiger partial charge in [-0.1, -0.05) is 217 Å². The van der Waals surface area contributed by atoms with E-state index < -0.39 is 18.1 Å². The molecule has 0 saturated carbocycles. The van der Waals surface area contributed by atoms with Crippen LogP contribution in [0.15, 0.2) is 48.6 Å². The Morgan fingerprint density at radius 2 is 0.875 bits per heavy atom. The molecular weight excluding hydrogens is 799 g/mol. The van der Waals surface area contributed by atoms with Crippen LogP contribution in [0.2, 0.25) is 0 Å². The van der Waals surface area contributed by atoms with Crippen LogP contribution in [0.5, 0.6) is 0 Å². The van der Waals surface area contributed by atoms with Gasteiger partial charge < -0.3 is 23.8 Å². The highest BCUT2D eigenvalue weighted by atomic mass is 16.6. The molecular formula is C56H102NO7+. The molecule has 0 fully saturated rings. The number of allylic oxidation sites excluding steroid dienone is 8. The maximum Gasteiger partial charge on any atom is 0.362 e. The van der Waals surface area contributed by atoms with E-state index in [2.05, 4.69) is 62.5 Å². The average molecular weight is 901 g/mol. The van der Waals surface area contributed by atoms with Gasteiger partial charge in [0.25, 0.3) is 0 Å². The third-order valence-corrected chi connectivity index (χ3v) is 12.0. The number of hydrogen-bond donors (Lipinski definition) is 1. The number of carbonyl (C=O) groups excluding carboxylic acids is 2. The van der Waals surface area contributed by atoms with Crippen molar-refractivity contribution in [3.63, 3.8) is 0 Å². The van der Waals surface area contributed by atoms with E-state index >= 15 is 0 Å². The van der Waals surface area contributed by atoms with Crippen LogP contribution in [0.25, 0.3) is 0 Å². The molecule has 0 saturated heterocycles. The van der Waals surface area contributed by atoms with Crippen molar-refractivity contribution < 1.29 is 38.2 Å². The van der Waals surface area contributed by atoms with Gasteiger partial charge in [-0.25, -0.2) is 4.79 Å². The largest absolute Gasteiger partial charge is 0.477 e. The molecule has 0 aliphatic carbocycles. The van der Waals surface area contributed by atoms with Crippen LogP contribution in [0, 0.1) is 0 Å². The number of carboxylic acids is 1. The minimum absolute atomic E-state index is 0.0524. The number of likely N-dealkylation sites (N-methyl/N-ethyl adjacent to an activating group) is 1. The number of unbranched alkanes of at least 4 members (excludes halogenated alkanes) is 26. The predicted molar refractivity (Wildman–Crippen MR) is 271 cm³/mol. The van der Waals surface area contributed by atoms with Gasteiger partial charge in [0.05, 0.1) is 34.4 Å². The normalized spacial score (nSPS) is 13.2. The van der Waals surface area contributed by atoms with Gasteiger partial charge in [-0.05, 0) is 51.4 Å². The summed E-state index contributed by atoms with van der Waals surface area (Å²) in [6, 6.07) is -0.620. The van der Waals surface area contributed by atoms with Crippen molar-refractivity contribution in [3.8, 4) is 0 Å². The quantitative estimate of drug-likeness (QED) is 0.0281. The first-order valence-corrected chi connectivity index (χ1v) is 26.7. The first-order chi connectivity index (χ1) is 31.1. The Bertz CT molecular complexity index is 1190. The highest BCUT2D eigenvalue weighted by Gasteiger charge is 2.31. The second-order valence-electron chi connectivity index (χ2n) is 19.1. The van der Waals surface area contributed by atoms with Crippen LogP contribution in [0.3, 0.4) is 0 Å². The van der Waals surface area contributed by atoms with E-state index in [1.165, 1.54) is 128 Å². The fourth-order valence-electron chi connectivity index (χ4n) is 7.91. The maximum atomic E-state index is 12.8. The number of rotatable bonds is 48. The third kappa shape index (κ3) is 44.5. The lowest BCUT2D eigenvalue weighted by Crippen LogP contribution is -2.50. The molecule has 2 unspecified atom stereocenters. The van der Waals surface area contributed by atoms with Crippen molar-refractivity contribution >= 4 is 17.9 Å². The molecule has 0 heterocycles. The zero-order valence-electron chi connectivity index (χ0n) is 42.5. The number of ether oxygens (including phenoxy) is 3. The van der Waals surface area contributed by atoms with Crippen molar-refractivity contribution in [1.29, 1.82) is 0 Å². The van der Waals surface area contributed by atoms with E-state index in [4.69, 9.17) is 14.2 Å². The Kier molecular flexibility index (Phi) is 44.8. The van der Waals surface area contributed by atoms with Crippen LogP contribution in [-0.4, -0.2) is 80.6 Å². The molecule has 64 heavy (non-hydrogen) atoms. The summed E-state index contributed by atoms with van der Waals surface area (Å²) in [4.78, 5) is 37.2. The van der Waals surface area contributed by atoms with E-state index in [-0.39, 0.29) is 36.2 Å². The number of aliphatic carboxylic acids is 1. The zero-order valence-corrected chi connectivity index (χ0v) is 42.5. The number of carboxylic acid groups (broad SMARTS) is 1. The maximum absolute atomic E-state index is 12.8. The van der Waals surface area contributed by atoms with Crippen LogP contribution >= 0.6 is 0 Å². The lowest BCUT2D eigenvalue weighted by molar-refractivity contribution is -0.887. The highest BCUT2D eigenvalue weighted by molar-refractivity contribution is 5.72. The molecule has 0 aromatic carbocycles. The van der Waals surface area contributed by atoms with E-state index in [0.29, 0.717) is 19.3 Å². The molecule has 1 N–H and O–H groups in total. The molecule has 0 rings (SSSR count). The summed E-state index contributed by atoms with van der Waals surface area (Å²) in [6.45, 7) is 4.63. The molecule has 0 bridgehead atoms. The van der Waals surface area contributed by atoms with Gasteiger partial charge in [0.1, 0.15) is 6.61 Å². The standard InChI is InChI=1S/C56H101NO7/c1-6-8-10-12-14-16-18-20-22-24-25-26-27-28-29-31-32-34-36-38-40-42-44-46-54(58)63-51-52(50-62-49-48-53(56(60)61)57(3,4)5)64-55(59)47-45-43-41-39-37-35-33-30-23-21-19-17-15-13-11-9-7-2/h9,11,15,17,21,23,33,35,52-53H,6-8,10,12-14,16,18-20,22,24-32,34,36-51H2,1-5H3/p+1/b11-9-,17-15-,23-21-,35-33-. The number of esters is 2. The Morgan fingerprint density at radius 3 is 1.30 bits per heavy atom. The van der Waals surface area contributed by atoms with Crippen molar-refractivity contribution in [1.82, 2.24) is 0 Å². The van der Waals surface area contributed by atoms with Crippen LogP contribution in [0.4, 0.5) is 0 Å². The van der Waals surface area contributed by atoms with Gasteiger partial charge in [-0.15, -0.1) is 0 Å². The molecule has 0 radical (unpaired) electrons. The number of hydrogen-bond acceptors (Lipinski definition) is 6. The summed E-state index contributed by atoms with van der Waals surface area (Å²) in [5.74, 6) is -1.49. The van der Waals surface area contributed by atoms with E-state index in [9.17, 15) is 19.5 Å². The van der Waals surface area contributed by atoms with Crippen molar-refractivity contribution in [2.45, 2.75) is 251 Å². The fraction of sp³-hybridized carbons (Fsp3) is 0.804. The van der Waals surface area contributed by atoms with Crippen LogP contribution < -0.4 is 0 Å². The van der Waals surface area contributed by atoms with Gasteiger partial charge in [-0.2, -0.15) is 0 Å². The van der Waals surface area contributed by atoms with Crippen LogP contribution in [-0.2, 0) is 28.6 Å². The van der Waals surface area contributed by atoms with E-state index in [1.54, 1.807) is 0 Å². The summed E-state index contributed by atoms with van der Waals surface area (Å²) in [6.07, 6.45) is 57.4. The predicted octanol–water partition coefficient (Wildman–Crippen LogP) is 15.5. The molecule has 0 aliphatic heterocycles. The topological polar surface area (TPSA) is 99.1 Å². The average Bonchev–Trinajstić information content (AvgIpc) is 3.26. The molecule has 0 amide bonds. The lowest BCUT2D eigenvalue weighted by Gasteiger charge is -2.31. The molecule has 8 heteroatoms. The van der Waals surface area contributed by atoms with Gasteiger partial charge in [0, 0.05) is 19.3 Å². The van der Waals surface area contributed by atoms with Gasteiger partial charge in [0.15, 0.2) is 12.1 Å². The Balaban J connectivity index is 4.20. The SMILES string of the molecule is CC/C=C\C/C=C\C/C=C\C/C=C\CCCCCCC(=O)OC(COCCC(C(=O)O)[N+](C)(C)C)COC(=O)CCCCCCCCCCCCCCCCCCCCCCCCC. The monoisotopic (exact) mass is 901 g/mol. The van der Waals surface area contributed by atoms with Crippen molar-refractivity contribution in [2.24, 2.45) is 0 Å². The number of nitrogens with zero attached hydrogens (tertiary/aromatic N) is 1. The molecule has 0 spiro atoms. The second-order valence-corrected chi connectivity index (χ2v) is 19.1. The van der Waals surface area contributed by atoms with Crippen molar-refractivity contribution in [2.75, 3.05) is 41.0 Å².